The fraction of sp³-hybridized carbons (Fsp3) is 0.579. The zero-order valence-electron chi connectivity index (χ0n) is 29.6. The maximum absolute atomic E-state index is 16.7. The lowest BCUT2D eigenvalue weighted by Gasteiger charge is -2.34. The average Bonchev–Trinajstić information content (AvgIpc) is 3.74. The molecule has 0 radical (unpaired) electrons. The third kappa shape index (κ3) is 7.32. The molecule has 13 heteroatoms. The molecule has 11 nitrogen and oxygen atoms in total. The predicted molar refractivity (Wildman–Crippen MR) is 193 cm³/mol. The normalized spacial score (nSPS) is 21.9. The van der Waals surface area contributed by atoms with Crippen LogP contribution in [0.2, 0.25) is 5.02 Å². The molecule has 3 atom stereocenters. The first-order chi connectivity index (χ1) is 24.7. The monoisotopic (exact) mass is 719 g/mol. The van der Waals surface area contributed by atoms with E-state index in [9.17, 15) is 5.11 Å². The van der Waals surface area contributed by atoms with Crippen LogP contribution in [0.3, 0.4) is 0 Å². The van der Waals surface area contributed by atoms with Gasteiger partial charge >= 0.3 is 6.01 Å². The molecule has 6 heterocycles. The number of piperidine rings is 1. The molecule has 3 unspecified atom stereocenters. The van der Waals surface area contributed by atoms with Crippen LogP contribution in [0.25, 0.3) is 22.2 Å². The van der Waals surface area contributed by atoms with Gasteiger partial charge in [-0.15, -0.1) is 0 Å². The second-order valence-corrected chi connectivity index (χ2v) is 15.7. The van der Waals surface area contributed by atoms with Gasteiger partial charge in [0.15, 0.2) is 5.82 Å². The largest absolute Gasteiger partial charge is 0.508 e. The summed E-state index contributed by atoms with van der Waals surface area (Å²) in [7, 11) is 0. The highest BCUT2D eigenvalue weighted by Crippen LogP contribution is 2.49. The molecule has 0 amide bonds. The van der Waals surface area contributed by atoms with E-state index in [1.165, 1.54) is 6.07 Å². The SMILES string of the molecule is CC(C)C(C)c1cc(OCC2CCN(CCOc3nc(N4CC5CCC(C4)N5)c4cnc(-c5cc(O)cc(Cl)c5C5CC5)c(F)c4n3)CC2)no1. The highest BCUT2D eigenvalue weighted by Gasteiger charge is 2.35. The third-order valence-electron chi connectivity index (χ3n) is 11.3. The third-order valence-corrected chi connectivity index (χ3v) is 11.6. The minimum atomic E-state index is -0.566. The zero-order valence-corrected chi connectivity index (χ0v) is 30.3. The lowest BCUT2D eigenvalue weighted by atomic mass is 9.96. The Labute approximate surface area is 302 Å². The van der Waals surface area contributed by atoms with E-state index in [2.05, 4.69) is 51.0 Å². The molecule has 8 rings (SSSR count). The van der Waals surface area contributed by atoms with Gasteiger partial charge in [-0.05, 0) is 92.2 Å². The van der Waals surface area contributed by atoms with Gasteiger partial charge in [0.1, 0.15) is 35.1 Å². The first-order valence-electron chi connectivity index (χ1n) is 18.5. The number of nitrogens with one attached hydrogen (secondary N) is 1. The number of piperazine rings is 1. The Morgan fingerprint density at radius 3 is 2.51 bits per heavy atom. The molecular formula is C38H47ClFN7O4. The number of ether oxygens (including phenoxy) is 2. The van der Waals surface area contributed by atoms with E-state index in [-0.39, 0.29) is 28.9 Å². The summed E-state index contributed by atoms with van der Waals surface area (Å²) in [6.07, 6.45) is 7.83. The van der Waals surface area contributed by atoms with Crippen LogP contribution >= 0.6 is 11.6 Å². The number of halogens is 2. The number of rotatable bonds is 12. The molecule has 272 valence electrons. The molecule has 2 N–H and O–H groups in total. The van der Waals surface area contributed by atoms with E-state index in [0.29, 0.717) is 77.3 Å². The number of phenols is 1. The van der Waals surface area contributed by atoms with Crippen LogP contribution in [0.5, 0.6) is 17.6 Å². The summed E-state index contributed by atoms with van der Waals surface area (Å²) in [6.45, 7) is 11.6. The highest BCUT2D eigenvalue weighted by molar-refractivity contribution is 6.32. The van der Waals surface area contributed by atoms with Gasteiger partial charge < -0.3 is 29.3 Å². The Hall–Kier alpha value is -3.74. The average molecular weight is 720 g/mol. The van der Waals surface area contributed by atoms with Crippen LogP contribution in [0.1, 0.15) is 82.5 Å². The van der Waals surface area contributed by atoms with Gasteiger partial charge in [0.25, 0.3) is 5.88 Å². The summed E-state index contributed by atoms with van der Waals surface area (Å²) in [5.41, 5.74) is 1.61. The number of aromatic nitrogens is 4. The van der Waals surface area contributed by atoms with Crippen molar-refractivity contribution in [1.82, 2.24) is 30.3 Å². The smallest absolute Gasteiger partial charge is 0.319 e. The quantitative estimate of drug-likeness (QED) is 0.159. The minimum Gasteiger partial charge on any atom is -0.508 e. The number of fused-ring (bicyclic) bond motifs is 3. The maximum atomic E-state index is 16.7. The summed E-state index contributed by atoms with van der Waals surface area (Å²) in [5, 5.41) is 19.2. The molecule has 51 heavy (non-hydrogen) atoms. The van der Waals surface area contributed by atoms with E-state index in [4.69, 9.17) is 30.6 Å². The Kier molecular flexibility index (Phi) is 9.67. The molecule has 3 aromatic heterocycles. The minimum absolute atomic E-state index is 0.0266. The Morgan fingerprint density at radius 2 is 1.78 bits per heavy atom. The van der Waals surface area contributed by atoms with Gasteiger partial charge in [0.2, 0.25) is 0 Å². The summed E-state index contributed by atoms with van der Waals surface area (Å²) in [5.74, 6) is 2.90. The van der Waals surface area contributed by atoms with Crippen LogP contribution in [-0.4, -0.2) is 88.1 Å². The second-order valence-electron chi connectivity index (χ2n) is 15.3. The number of benzene rings is 1. The molecule has 4 aliphatic rings. The van der Waals surface area contributed by atoms with Gasteiger partial charge in [0, 0.05) is 60.5 Å². The number of anilines is 1. The first kappa shape index (κ1) is 34.4. The summed E-state index contributed by atoms with van der Waals surface area (Å²) in [6, 6.07) is 5.86. The molecule has 1 aliphatic carbocycles. The predicted octanol–water partition coefficient (Wildman–Crippen LogP) is 6.93. The fourth-order valence-electron chi connectivity index (χ4n) is 7.80. The molecule has 4 fully saturated rings. The second kappa shape index (κ2) is 14.4. The van der Waals surface area contributed by atoms with Gasteiger partial charge in [-0.25, -0.2) is 4.39 Å². The van der Waals surface area contributed by atoms with Crippen molar-refractivity contribution in [2.75, 3.05) is 50.8 Å². The van der Waals surface area contributed by atoms with Crippen molar-refractivity contribution >= 4 is 28.3 Å². The van der Waals surface area contributed by atoms with Crippen molar-refractivity contribution in [3.8, 4) is 28.9 Å². The molecule has 3 aliphatic heterocycles. The van der Waals surface area contributed by atoms with Crippen molar-refractivity contribution in [2.45, 2.75) is 83.2 Å². The lowest BCUT2D eigenvalue weighted by molar-refractivity contribution is 0.121. The number of nitrogens with zero attached hydrogens (tertiary/aromatic N) is 6. The number of aromatic hydroxyl groups is 1. The van der Waals surface area contributed by atoms with Crippen LogP contribution in [-0.2, 0) is 0 Å². The summed E-state index contributed by atoms with van der Waals surface area (Å²) in [4.78, 5) is 18.7. The van der Waals surface area contributed by atoms with Gasteiger partial charge in [-0.1, -0.05) is 32.4 Å². The molecule has 1 saturated carbocycles. The van der Waals surface area contributed by atoms with E-state index >= 15 is 4.39 Å². The van der Waals surface area contributed by atoms with Crippen LogP contribution in [0.15, 0.2) is 28.9 Å². The standard InChI is InChI=1S/C38H47ClFN7O4/c1-21(2)22(3)31-16-32(45-51-31)50-20-23-8-10-46(11-9-23)12-13-49-38-43-36-29(37(44-38)47-18-25-6-7-26(19-47)42-25)17-41-35(34(36)40)28-14-27(48)15-30(39)33(28)24-4-5-24/h14-17,21-26,42,48H,4-13,18-20H2,1-3H3. The van der Waals surface area contributed by atoms with Crippen molar-refractivity contribution in [1.29, 1.82) is 0 Å². The number of likely N-dealkylation sites (tertiary alicyclic amines) is 1. The Morgan fingerprint density at radius 1 is 1.02 bits per heavy atom. The van der Waals surface area contributed by atoms with E-state index < -0.39 is 5.82 Å². The Balaban J connectivity index is 0.962. The van der Waals surface area contributed by atoms with E-state index in [1.54, 1.807) is 12.3 Å². The van der Waals surface area contributed by atoms with Gasteiger partial charge in [-0.2, -0.15) is 9.97 Å². The molecule has 0 spiro atoms. The molecule has 4 aromatic rings. The maximum Gasteiger partial charge on any atom is 0.319 e. The fourth-order valence-corrected chi connectivity index (χ4v) is 8.17. The molecule has 2 bridgehead atoms. The molecular weight excluding hydrogens is 673 g/mol. The Bertz CT molecular complexity index is 1870. The van der Waals surface area contributed by atoms with Crippen molar-refractivity contribution in [3.63, 3.8) is 0 Å². The molecule has 3 saturated heterocycles. The lowest BCUT2D eigenvalue weighted by Crippen LogP contribution is -2.51. The van der Waals surface area contributed by atoms with Gasteiger partial charge in [-0.3, -0.25) is 9.88 Å². The number of hydrogen-bond acceptors (Lipinski definition) is 11. The summed E-state index contributed by atoms with van der Waals surface area (Å²) >= 11 is 6.58. The summed E-state index contributed by atoms with van der Waals surface area (Å²) < 4.78 is 34.4. The van der Waals surface area contributed by atoms with E-state index in [0.717, 1.165) is 76.0 Å². The van der Waals surface area contributed by atoms with Crippen LogP contribution in [0, 0.1) is 17.7 Å². The first-order valence-corrected chi connectivity index (χ1v) is 18.9. The topological polar surface area (TPSA) is 122 Å². The number of pyridine rings is 1. The number of phenolic OH excluding ortho intramolecular Hbond substituents is 1. The van der Waals surface area contributed by atoms with E-state index in [1.807, 2.05) is 6.07 Å². The van der Waals surface area contributed by atoms with Crippen molar-refractivity contribution < 1.29 is 23.5 Å². The van der Waals surface area contributed by atoms with Crippen LogP contribution in [0.4, 0.5) is 10.2 Å². The van der Waals surface area contributed by atoms with Gasteiger partial charge in [0.05, 0.1) is 12.0 Å². The van der Waals surface area contributed by atoms with Crippen molar-refractivity contribution in [2.24, 2.45) is 11.8 Å². The zero-order chi connectivity index (χ0) is 35.2. The number of hydrogen-bond donors (Lipinski definition) is 2. The highest BCUT2D eigenvalue weighted by atomic mass is 35.5. The molecule has 1 aromatic carbocycles. The van der Waals surface area contributed by atoms with Crippen LogP contribution < -0.4 is 19.7 Å². The van der Waals surface area contributed by atoms with Crippen molar-refractivity contribution in [3.05, 3.63) is 46.6 Å².